The highest BCUT2D eigenvalue weighted by molar-refractivity contribution is 5.79. The third-order valence-electron chi connectivity index (χ3n) is 4.50. The summed E-state index contributed by atoms with van der Waals surface area (Å²) in [6.07, 6.45) is 3.15. The lowest BCUT2D eigenvalue weighted by atomic mass is 9.84. The minimum absolute atomic E-state index is 0.0763. The molecule has 0 aromatic heterocycles. The maximum Gasteiger partial charge on any atom is 0.314 e. The number of likely N-dealkylation sites (tertiary alicyclic amines) is 1. The summed E-state index contributed by atoms with van der Waals surface area (Å²) in [5, 5.41) is 18.4. The van der Waals surface area contributed by atoms with Crippen LogP contribution in [0, 0.1) is 0 Å². The standard InChI is InChI=1S/C17H25NO5/c1-18-8-4-3-5-14(18)16(17(21)22-2)12-6-7-15(23-11-20)13(9-12)10-19/h6-7,9,14,16,19-20H,3-5,8,10-11H2,1-2H3/t14-,16-/m1/s1. The molecule has 2 rings (SSSR count). The van der Waals surface area contributed by atoms with Crippen LogP contribution >= 0.6 is 0 Å². The number of esters is 1. The van der Waals surface area contributed by atoms with Gasteiger partial charge in [-0.05, 0) is 44.1 Å². The lowest BCUT2D eigenvalue weighted by molar-refractivity contribution is -0.144. The molecule has 0 radical (unpaired) electrons. The molecule has 0 bridgehead atoms. The van der Waals surface area contributed by atoms with Crippen molar-refractivity contribution in [3.05, 3.63) is 29.3 Å². The molecule has 2 atom stereocenters. The van der Waals surface area contributed by atoms with Crippen molar-refractivity contribution in [3.8, 4) is 5.75 Å². The monoisotopic (exact) mass is 323 g/mol. The van der Waals surface area contributed by atoms with E-state index in [-0.39, 0.29) is 18.6 Å². The lowest BCUT2D eigenvalue weighted by Gasteiger charge is -2.37. The highest BCUT2D eigenvalue weighted by atomic mass is 16.6. The first-order valence-electron chi connectivity index (χ1n) is 7.87. The first kappa shape index (κ1) is 17.7. The van der Waals surface area contributed by atoms with Gasteiger partial charge in [-0.25, -0.2) is 0 Å². The van der Waals surface area contributed by atoms with E-state index < -0.39 is 12.7 Å². The Hall–Kier alpha value is -1.63. The minimum atomic E-state index is -0.460. The van der Waals surface area contributed by atoms with Crippen molar-refractivity contribution in [3.63, 3.8) is 0 Å². The lowest BCUT2D eigenvalue weighted by Crippen LogP contribution is -2.43. The number of nitrogens with zero attached hydrogens (tertiary/aromatic N) is 1. The van der Waals surface area contributed by atoms with Crippen molar-refractivity contribution in [2.24, 2.45) is 0 Å². The molecule has 1 heterocycles. The number of carbonyl (C=O) groups is 1. The van der Waals surface area contributed by atoms with E-state index in [1.807, 2.05) is 7.05 Å². The number of likely N-dealkylation sites (N-methyl/N-ethyl adjacent to an activating group) is 1. The second kappa shape index (κ2) is 8.29. The zero-order chi connectivity index (χ0) is 16.8. The Morgan fingerprint density at radius 1 is 1.39 bits per heavy atom. The fourth-order valence-corrected chi connectivity index (χ4v) is 3.29. The van der Waals surface area contributed by atoms with Crippen molar-refractivity contribution < 1.29 is 24.5 Å². The van der Waals surface area contributed by atoms with Crippen molar-refractivity contribution in [1.29, 1.82) is 0 Å². The molecule has 6 nitrogen and oxygen atoms in total. The summed E-state index contributed by atoms with van der Waals surface area (Å²) in [4.78, 5) is 14.6. The number of aliphatic hydroxyl groups is 2. The fourth-order valence-electron chi connectivity index (χ4n) is 3.29. The summed E-state index contributed by atoms with van der Waals surface area (Å²) < 4.78 is 10.1. The first-order chi connectivity index (χ1) is 11.1. The third kappa shape index (κ3) is 4.02. The van der Waals surface area contributed by atoms with Crippen molar-refractivity contribution >= 4 is 5.97 Å². The zero-order valence-corrected chi connectivity index (χ0v) is 13.7. The molecule has 23 heavy (non-hydrogen) atoms. The number of hydrogen-bond acceptors (Lipinski definition) is 6. The molecule has 6 heteroatoms. The van der Waals surface area contributed by atoms with E-state index in [0.29, 0.717) is 11.3 Å². The minimum Gasteiger partial charge on any atom is -0.469 e. The van der Waals surface area contributed by atoms with Crippen LogP contribution in [0.15, 0.2) is 18.2 Å². The number of benzene rings is 1. The number of piperidine rings is 1. The van der Waals surface area contributed by atoms with E-state index in [2.05, 4.69) is 4.90 Å². The summed E-state index contributed by atoms with van der Waals surface area (Å²) in [5.74, 6) is -0.262. The molecule has 1 aromatic rings. The van der Waals surface area contributed by atoms with E-state index in [0.717, 1.165) is 31.4 Å². The van der Waals surface area contributed by atoms with E-state index in [1.54, 1.807) is 18.2 Å². The van der Waals surface area contributed by atoms with E-state index >= 15 is 0 Å². The van der Waals surface area contributed by atoms with Crippen molar-refractivity contribution in [1.82, 2.24) is 4.90 Å². The average molecular weight is 323 g/mol. The zero-order valence-electron chi connectivity index (χ0n) is 13.7. The van der Waals surface area contributed by atoms with Crippen LogP contribution in [0.25, 0.3) is 0 Å². The van der Waals surface area contributed by atoms with Crippen LogP contribution in [-0.2, 0) is 16.1 Å². The average Bonchev–Trinajstić information content (AvgIpc) is 2.57. The number of hydrogen-bond donors (Lipinski definition) is 2. The van der Waals surface area contributed by atoms with Crippen LogP contribution in [0.4, 0.5) is 0 Å². The van der Waals surface area contributed by atoms with Gasteiger partial charge >= 0.3 is 5.97 Å². The van der Waals surface area contributed by atoms with Gasteiger partial charge in [0.15, 0.2) is 6.79 Å². The molecule has 128 valence electrons. The molecule has 1 aromatic carbocycles. The van der Waals surface area contributed by atoms with Gasteiger partial charge in [-0.1, -0.05) is 12.5 Å². The van der Waals surface area contributed by atoms with Crippen LogP contribution in [0.3, 0.4) is 0 Å². The normalized spacial score (nSPS) is 20.1. The molecule has 1 aliphatic heterocycles. The first-order valence-corrected chi connectivity index (χ1v) is 7.87. The van der Waals surface area contributed by atoms with Gasteiger partial charge in [0.25, 0.3) is 0 Å². The van der Waals surface area contributed by atoms with E-state index in [1.165, 1.54) is 7.11 Å². The Kier molecular flexibility index (Phi) is 6.38. The molecule has 0 aliphatic carbocycles. The Balaban J connectivity index is 2.37. The Labute approximate surface area is 136 Å². The molecule has 0 amide bonds. The second-order valence-electron chi connectivity index (χ2n) is 5.84. The van der Waals surface area contributed by atoms with Gasteiger partial charge in [-0.3, -0.25) is 4.79 Å². The van der Waals surface area contributed by atoms with Crippen LogP contribution in [0.5, 0.6) is 5.75 Å². The van der Waals surface area contributed by atoms with Gasteiger partial charge in [0.2, 0.25) is 0 Å². The van der Waals surface area contributed by atoms with Gasteiger partial charge in [0.05, 0.1) is 19.6 Å². The SMILES string of the molecule is COC(=O)[C@H](c1ccc(OCO)c(CO)c1)[C@H]1CCCCN1C. The molecule has 1 fully saturated rings. The molecular formula is C17H25NO5. The summed E-state index contributed by atoms with van der Waals surface area (Å²) in [6.45, 7) is 0.270. The van der Waals surface area contributed by atoms with Crippen molar-refractivity contribution in [2.45, 2.75) is 37.8 Å². The van der Waals surface area contributed by atoms with Gasteiger partial charge in [-0.2, -0.15) is 0 Å². The van der Waals surface area contributed by atoms with Crippen LogP contribution in [0.1, 0.15) is 36.3 Å². The maximum absolute atomic E-state index is 12.4. The predicted molar refractivity (Wildman–Crippen MR) is 85.1 cm³/mol. The molecule has 2 N–H and O–H groups in total. The maximum atomic E-state index is 12.4. The molecule has 0 unspecified atom stereocenters. The number of aliphatic hydroxyl groups excluding tert-OH is 2. The number of carbonyl (C=O) groups excluding carboxylic acids is 1. The molecule has 1 aliphatic rings. The topological polar surface area (TPSA) is 79.2 Å². The van der Waals surface area contributed by atoms with Gasteiger partial charge in [0, 0.05) is 11.6 Å². The van der Waals surface area contributed by atoms with E-state index in [9.17, 15) is 9.90 Å². The summed E-state index contributed by atoms with van der Waals surface area (Å²) in [6, 6.07) is 5.31. The molecule has 0 spiro atoms. The largest absolute Gasteiger partial charge is 0.469 e. The quantitative estimate of drug-likeness (QED) is 0.606. The highest BCUT2D eigenvalue weighted by Crippen LogP contribution is 2.33. The van der Waals surface area contributed by atoms with Gasteiger partial charge in [0.1, 0.15) is 5.75 Å². The Morgan fingerprint density at radius 2 is 2.17 bits per heavy atom. The van der Waals surface area contributed by atoms with Crippen LogP contribution in [0.2, 0.25) is 0 Å². The molecule has 0 saturated carbocycles. The number of rotatable bonds is 6. The second-order valence-corrected chi connectivity index (χ2v) is 5.84. The fraction of sp³-hybridized carbons (Fsp3) is 0.588. The summed E-state index contributed by atoms with van der Waals surface area (Å²) in [5.41, 5.74) is 1.34. The van der Waals surface area contributed by atoms with Gasteiger partial charge in [-0.15, -0.1) is 0 Å². The highest BCUT2D eigenvalue weighted by Gasteiger charge is 2.35. The summed E-state index contributed by atoms with van der Waals surface area (Å²) >= 11 is 0. The Morgan fingerprint density at radius 3 is 2.78 bits per heavy atom. The summed E-state index contributed by atoms with van der Waals surface area (Å²) in [7, 11) is 3.42. The van der Waals surface area contributed by atoms with Crippen LogP contribution in [-0.4, -0.2) is 54.6 Å². The van der Waals surface area contributed by atoms with Crippen LogP contribution < -0.4 is 4.74 Å². The Bertz CT molecular complexity index is 534. The van der Waals surface area contributed by atoms with Crippen molar-refractivity contribution in [2.75, 3.05) is 27.5 Å². The smallest absolute Gasteiger partial charge is 0.314 e. The van der Waals surface area contributed by atoms with E-state index in [4.69, 9.17) is 14.6 Å². The third-order valence-corrected chi connectivity index (χ3v) is 4.50. The number of ether oxygens (including phenoxy) is 2. The molecule has 1 saturated heterocycles. The molecular weight excluding hydrogens is 298 g/mol. The number of methoxy groups -OCH3 is 1. The van der Waals surface area contributed by atoms with Gasteiger partial charge < -0.3 is 24.6 Å². The predicted octanol–water partition coefficient (Wildman–Crippen LogP) is 1.25.